The monoisotopic (exact) mass is 771 g/mol. The summed E-state index contributed by atoms with van der Waals surface area (Å²) >= 11 is 0. The van der Waals surface area contributed by atoms with E-state index < -0.39 is 0 Å². The van der Waals surface area contributed by atoms with Crippen LogP contribution in [-0.2, 0) is 4.79 Å². The number of carbonyl (C=O) groups excluding carboxylic acids is 1. The molecule has 0 aromatic carbocycles. The molecule has 0 atom stereocenters. The van der Waals surface area contributed by atoms with Crippen molar-refractivity contribution >= 4 is 29.0 Å². The molecule has 3 rings (SSSR count). The number of ketones is 1. The Labute approximate surface area is 343 Å². The summed E-state index contributed by atoms with van der Waals surface area (Å²) in [6.45, 7) is 6.28. The van der Waals surface area contributed by atoms with Gasteiger partial charge < -0.3 is 10.4 Å². The number of aliphatic imine (C=N–C) groups is 2. The highest BCUT2D eigenvalue weighted by molar-refractivity contribution is 6.40. The third kappa shape index (κ3) is 20.4. The number of rotatable bonds is 36. The minimum Gasteiger partial charge on any atom is -0.506 e. The van der Waals surface area contributed by atoms with Gasteiger partial charge in [0.15, 0.2) is 0 Å². The Morgan fingerprint density at radius 1 is 0.554 bits per heavy atom. The van der Waals surface area contributed by atoms with Crippen LogP contribution in [0.25, 0.3) is 5.57 Å². The molecule has 0 unspecified atom stereocenters. The van der Waals surface area contributed by atoms with Crippen LogP contribution in [0.4, 0.5) is 5.69 Å². The van der Waals surface area contributed by atoms with Crippen molar-refractivity contribution in [3.8, 4) is 0 Å². The Balaban J connectivity index is 1.19. The Hall–Kier alpha value is -3.02. The second kappa shape index (κ2) is 32.0. The molecule has 56 heavy (non-hydrogen) atoms. The number of hydrogen-bond donors (Lipinski definition) is 2. The van der Waals surface area contributed by atoms with Crippen molar-refractivity contribution in [2.45, 2.75) is 219 Å². The molecular weight excluding hydrogens is 689 g/mol. The largest absolute Gasteiger partial charge is 0.506 e. The van der Waals surface area contributed by atoms with Crippen molar-refractivity contribution in [3.05, 3.63) is 53.2 Å². The Morgan fingerprint density at radius 3 is 1.39 bits per heavy atom. The van der Waals surface area contributed by atoms with Crippen LogP contribution in [0.15, 0.2) is 57.5 Å². The van der Waals surface area contributed by atoms with E-state index in [2.05, 4.69) is 34.1 Å². The molecule has 0 saturated heterocycles. The van der Waals surface area contributed by atoms with E-state index >= 15 is 0 Å². The smallest absolute Gasteiger partial charge is 0.204 e. The Kier molecular flexibility index (Phi) is 27.1. The lowest BCUT2D eigenvalue weighted by molar-refractivity contribution is -0.111. The number of pyridine rings is 1. The van der Waals surface area contributed by atoms with Crippen molar-refractivity contribution in [1.82, 2.24) is 4.98 Å². The van der Waals surface area contributed by atoms with Gasteiger partial charge in [0.2, 0.25) is 5.78 Å². The zero-order chi connectivity index (χ0) is 39.7. The first-order valence-electron chi connectivity index (χ1n) is 23.8. The summed E-state index contributed by atoms with van der Waals surface area (Å²) in [5, 5.41) is 14.3. The molecule has 0 amide bonds. The van der Waals surface area contributed by atoms with Crippen molar-refractivity contribution in [2.75, 3.05) is 18.4 Å². The lowest BCUT2D eigenvalue weighted by Gasteiger charge is -2.22. The van der Waals surface area contributed by atoms with Gasteiger partial charge in [-0.1, -0.05) is 206 Å². The quantitative estimate of drug-likeness (QED) is 0.0525. The molecule has 1 aromatic rings. The van der Waals surface area contributed by atoms with E-state index in [-0.39, 0.29) is 22.7 Å². The van der Waals surface area contributed by atoms with E-state index in [4.69, 9.17) is 0 Å². The van der Waals surface area contributed by atoms with Gasteiger partial charge in [0, 0.05) is 13.1 Å². The number of carbonyl (C=O) groups is 1. The minimum atomic E-state index is -0.214. The highest BCUT2D eigenvalue weighted by Crippen LogP contribution is 2.38. The predicted octanol–water partition coefficient (Wildman–Crippen LogP) is 15.2. The molecule has 6 nitrogen and oxygen atoms in total. The van der Waals surface area contributed by atoms with E-state index in [9.17, 15) is 9.90 Å². The fourth-order valence-electron chi connectivity index (χ4n) is 7.93. The number of allylic oxidation sites excluding steroid dienone is 4. The van der Waals surface area contributed by atoms with Crippen molar-refractivity contribution in [3.63, 3.8) is 0 Å². The highest BCUT2D eigenvalue weighted by Gasteiger charge is 2.38. The summed E-state index contributed by atoms with van der Waals surface area (Å²) < 4.78 is 0. The SMILES string of the molecule is CCCCCCCCCCCCCCCCCC/N=C1C=C/C(=C2/C(=O)C(c3ccc(NCCCCCCCCCCCCCCCCCC)cn3)=C2O)N=C\1. The molecule has 0 saturated carbocycles. The van der Waals surface area contributed by atoms with Gasteiger partial charge in [0.25, 0.3) is 0 Å². The van der Waals surface area contributed by atoms with E-state index in [1.54, 1.807) is 18.5 Å². The highest BCUT2D eigenvalue weighted by atomic mass is 16.3. The number of nitrogens with one attached hydrogen (secondary N) is 1. The molecule has 0 fully saturated rings. The molecule has 0 spiro atoms. The van der Waals surface area contributed by atoms with Crippen LogP contribution in [-0.4, -0.2) is 40.9 Å². The fraction of sp³-hybridized carbons (Fsp3) is 0.720. The van der Waals surface area contributed by atoms with Crippen LogP contribution >= 0.6 is 0 Å². The number of aromatic nitrogens is 1. The molecule has 2 heterocycles. The first-order valence-corrected chi connectivity index (χ1v) is 23.8. The molecule has 1 aliphatic carbocycles. The van der Waals surface area contributed by atoms with Gasteiger partial charge in [0.1, 0.15) is 5.76 Å². The summed E-state index contributed by atoms with van der Waals surface area (Å²) in [4.78, 5) is 26.7. The van der Waals surface area contributed by atoms with Crippen LogP contribution in [0.1, 0.15) is 225 Å². The summed E-state index contributed by atoms with van der Waals surface area (Å²) in [6, 6.07) is 3.75. The number of aliphatic hydroxyl groups is 1. The summed E-state index contributed by atoms with van der Waals surface area (Å²) in [5.41, 5.74) is 3.26. The van der Waals surface area contributed by atoms with E-state index in [0.29, 0.717) is 11.4 Å². The second-order valence-electron chi connectivity index (χ2n) is 16.7. The van der Waals surface area contributed by atoms with Gasteiger partial charge in [-0.2, -0.15) is 0 Å². The molecular formula is C50H82N4O2. The summed E-state index contributed by atoms with van der Waals surface area (Å²) in [7, 11) is 0. The normalized spacial score (nSPS) is 16.0. The van der Waals surface area contributed by atoms with Crippen molar-refractivity contribution in [1.29, 1.82) is 0 Å². The topological polar surface area (TPSA) is 86.9 Å². The van der Waals surface area contributed by atoms with Gasteiger partial charge in [-0.05, 0) is 37.1 Å². The van der Waals surface area contributed by atoms with Gasteiger partial charge >= 0.3 is 0 Å². The van der Waals surface area contributed by atoms with Crippen molar-refractivity contribution in [2.24, 2.45) is 9.98 Å². The van der Waals surface area contributed by atoms with Gasteiger partial charge in [-0.25, -0.2) is 0 Å². The lowest BCUT2D eigenvalue weighted by Crippen LogP contribution is -2.23. The number of aliphatic hydroxyl groups excluding tert-OH is 1. The molecule has 1 aliphatic heterocycles. The van der Waals surface area contributed by atoms with Gasteiger partial charge in [0.05, 0.1) is 46.3 Å². The zero-order valence-corrected chi connectivity index (χ0v) is 36.2. The number of Topliss-reactive ketones (excluding diaryl/α,β-unsaturated/α-hetero) is 1. The van der Waals surface area contributed by atoms with Crippen molar-refractivity contribution < 1.29 is 9.90 Å². The van der Waals surface area contributed by atoms with Crippen LogP contribution < -0.4 is 5.32 Å². The van der Waals surface area contributed by atoms with E-state index in [0.717, 1.165) is 37.3 Å². The molecule has 0 radical (unpaired) electrons. The number of anilines is 1. The van der Waals surface area contributed by atoms with Gasteiger partial charge in [-0.3, -0.25) is 19.8 Å². The zero-order valence-electron chi connectivity index (χ0n) is 36.2. The molecule has 1 aromatic heterocycles. The number of dihydropyridines is 1. The first-order chi connectivity index (χ1) is 27.7. The average Bonchev–Trinajstić information content (AvgIpc) is 3.21. The maximum absolute atomic E-state index is 13.1. The van der Waals surface area contributed by atoms with Crippen LogP contribution in [0.3, 0.4) is 0 Å². The Bertz CT molecular complexity index is 1320. The minimum absolute atomic E-state index is 0.0262. The maximum Gasteiger partial charge on any atom is 0.204 e. The van der Waals surface area contributed by atoms with E-state index in [1.807, 2.05) is 18.2 Å². The number of hydrogen-bond acceptors (Lipinski definition) is 6. The molecule has 2 aliphatic rings. The van der Waals surface area contributed by atoms with E-state index in [1.165, 1.54) is 193 Å². The number of nitrogens with zero attached hydrogens (tertiary/aromatic N) is 3. The third-order valence-electron chi connectivity index (χ3n) is 11.6. The average molecular weight is 771 g/mol. The standard InChI is InChI=1S/C50H82N4O2/c1-3-5-7-9-11-13-15-17-19-21-23-25-27-29-31-33-39-51-43-35-37-45(53-41-43)47-49(55)48(50(47)56)46-38-36-44(42-54-46)52-40-34-32-30-28-26-24-22-20-18-16-14-12-10-8-6-4-2/h35-38,41-42,51,55H,3-34,39-40H2,1-2H3/b48-46-,52-44+. The Morgan fingerprint density at radius 2 is 1.00 bits per heavy atom. The summed E-state index contributed by atoms with van der Waals surface area (Å²) in [6.07, 6.45) is 50.8. The number of unbranched alkanes of at least 4 members (excludes halogenated alkanes) is 30. The fourth-order valence-corrected chi connectivity index (χ4v) is 7.93. The molecule has 314 valence electrons. The second-order valence-corrected chi connectivity index (χ2v) is 16.7. The molecule has 2 N–H and O–H groups in total. The van der Waals surface area contributed by atoms with Gasteiger partial charge in [-0.15, -0.1) is 0 Å². The summed E-state index contributed by atoms with van der Waals surface area (Å²) in [5.74, 6) is -0.240. The molecule has 6 heteroatoms. The first kappa shape index (κ1) is 47.4. The van der Waals surface area contributed by atoms with Crippen LogP contribution in [0.2, 0.25) is 0 Å². The van der Waals surface area contributed by atoms with Crippen LogP contribution in [0.5, 0.6) is 0 Å². The van der Waals surface area contributed by atoms with Crippen LogP contribution in [0, 0.1) is 0 Å². The predicted molar refractivity (Wildman–Crippen MR) is 243 cm³/mol. The molecule has 0 bridgehead atoms. The lowest BCUT2D eigenvalue weighted by atomic mass is 9.84. The maximum atomic E-state index is 13.1. The third-order valence-corrected chi connectivity index (χ3v) is 11.6.